The molecule has 0 radical (unpaired) electrons. The molecule has 1 unspecified atom stereocenters. The lowest BCUT2D eigenvalue weighted by atomic mass is 10.0. The fraction of sp³-hybridized carbons (Fsp3) is 0.167. The molecule has 0 fully saturated rings. The van der Waals surface area contributed by atoms with Gasteiger partial charge in [-0.05, 0) is 18.1 Å². The van der Waals surface area contributed by atoms with Crippen LogP contribution in [0.1, 0.15) is 24.2 Å². The normalized spacial score (nSPS) is 11.9. The minimum Gasteiger partial charge on any atom is -0.389 e. The predicted octanol–water partition coefficient (Wildman–Crippen LogP) is 2.79. The molecule has 0 aliphatic rings. The van der Waals surface area contributed by atoms with Crippen molar-refractivity contribution in [3.63, 3.8) is 0 Å². The Kier molecular flexibility index (Phi) is 4.67. The van der Waals surface area contributed by atoms with Crippen LogP contribution in [0.5, 0.6) is 0 Å². The lowest BCUT2D eigenvalue weighted by Crippen LogP contribution is -2.09. The number of aromatic nitrogens is 3. The van der Waals surface area contributed by atoms with Crippen molar-refractivity contribution in [2.75, 3.05) is 11.1 Å². The maximum Gasteiger partial charge on any atom is 0.228 e. The molecule has 6 nitrogen and oxygen atoms in total. The van der Waals surface area contributed by atoms with Crippen molar-refractivity contribution in [2.24, 2.45) is 0 Å². The molecule has 122 valence electrons. The molecule has 4 N–H and O–H groups in total. The van der Waals surface area contributed by atoms with Gasteiger partial charge in [-0.1, -0.05) is 54.6 Å². The van der Waals surface area contributed by atoms with Gasteiger partial charge in [-0.2, -0.15) is 15.0 Å². The average Bonchev–Trinajstić information content (AvgIpc) is 2.60. The largest absolute Gasteiger partial charge is 0.389 e. The Bertz CT molecular complexity index is 821. The van der Waals surface area contributed by atoms with Crippen LogP contribution in [0.15, 0.2) is 54.6 Å². The van der Waals surface area contributed by atoms with Crippen LogP contribution in [0.4, 0.5) is 11.9 Å². The summed E-state index contributed by atoms with van der Waals surface area (Å²) in [5.41, 5.74) is 8.43. The summed E-state index contributed by atoms with van der Waals surface area (Å²) in [5.74, 6) is 0.979. The number of hydrogen-bond donors (Lipinski definition) is 3. The standard InChI is InChI=1S/C18H19N5O/c1-12(24)14-9-5-6-10-15(14)16-21-17(19)23-18(22-16)20-11-13-7-3-2-4-8-13/h2-10,12,24H,11H2,1H3,(H3,19,20,21,22,23). The molecule has 1 atom stereocenters. The number of nitrogens with zero attached hydrogens (tertiary/aromatic N) is 3. The van der Waals surface area contributed by atoms with Crippen molar-refractivity contribution in [3.8, 4) is 11.4 Å². The molecule has 0 aliphatic heterocycles. The van der Waals surface area contributed by atoms with E-state index in [4.69, 9.17) is 5.73 Å². The first-order valence-corrected chi connectivity index (χ1v) is 7.70. The van der Waals surface area contributed by atoms with Crippen molar-refractivity contribution in [2.45, 2.75) is 19.6 Å². The third-order valence-electron chi connectivity index (χ3n) is 3.60. The Morgan fingerprint density at radius 1 is 1.00 bits per heavy atom. The first-order chi connectivity index (χ1) is 11.6. The van der Waals surface area contributed by atoms with E-state index < -0.39 is 6.10 Å². The molecular weight excluding hydrogens is 302 g/mol. The number of anilines is 2. The van der Waals surface area contributed by atoms with E-state index in [-0.39, 0.29) is 5.95 Å². The minimum absolute atomic E-state index is 0.135. The highest BCUT2D eigenvalue weighted by molar-refractivity contribution is 5.62. The van der Waals surface area contributed by atoms with Crippen LogP contribution in [-0.4, -0.2) is 20.1 Å². The number of hydrogen-bond acceptors (Lipinski definition) is 6. The van der Waals surface area contributed by atoms with Crippen molar-refractivity contribution in [3.05, 3.63) is 65.7 Å². The zero-order valence-electron chi connectivity index (χ0n) is 13.3. The third kappa shape index (κ3) is 3.67. The van der Waals surface area contributed by atoms with Crippen molar-refractivity contribution in [1.29, 1.82) is 0 Å². The molecule has 0 spiro atoms. The molecule has 3 aromatic rings. The highest BCUT2D eigenvalue weighted by atomic mass is 16.3. The Morgan fingerprint density at radius 3 is 2.46 bits per heavy atom. The molecule has 24 heavy (non-hydrogen) atoms. The highest BCUT2D eigenvalue weighted by Crippen LogP contribution is 2.26. The predicted molar refractivity (Wildman–Crippen MR) is 94.1 cm³/mol. The number of aliphatic hydroxyl groups is 1. The zero-order chi connectivity index (χ0) is 16.9. The van der Waals surface area contributed by atoms with Gasteiger partial charge in [0, 0.05) is 12.1 Å². The second-order valence-electron chi connectivity index (χ2n) is 5.44. The van der Waals surface area contributed by atoms with Gasteiger partial charge < -0.3 is 16.2 Å². The van der Waals surface area contributed by atoms with E-state index >= 15 is 0 Å². The van der Waals surface area contributed by atoms with E-state index in [0.717, 1.165) is 16.7 Å². The number of benzene rings is 2. The van der Waals surface area contributed by atoms with E-state index in [1.807, 2.05) is 54.6 Å². The molecule has 2 aromatic carbocycles. The van der Waals surface area contributed by atoms with Gasteiger partial charge in [0.1, 0.15) is 0 Å². The number of nitrogens with one attached hydrogen (secondary N) is 1. The first-order valence-electron chi connectivity index (χ1n) is 7.70. The smallest absolute Gasteiger partial charge is 0.228 e. The monoisotopic (exact) mass is 321 g/mol. The number of aliphatic hydroxyl groups excluding tert-OH is 1. The van der Waals surface area contributed by atoms with Crippen LogP contribution in [-0.2, 0) is 6.54 Å². The molecule has 0 amide bonds. The van der Waals surface area contributed by atoms with E-state index in [1.165, 1.54) is 0 Å². The minimum atomic E-state index is -0.625. The summed E-state index contributed by atoms with van der Waals surface area (Å²) in [6.45, 7) is 2.29. The van der Waals surface area contributed by atoms with Gasteiger partial charge >= 0.3 is 0 Å². The van der Waals surface area contributed by atoms with Gasteiger partial charge in [-0.3, -0.25) is 0 Å². The van der Waals surface area contributed by atoms with Crippen molar-refractivity contribution in [1.82, 2.24) is 15.0 Å². The van der Waals surface area contributed by atoms with E-state index in [1.54, 1.807) is 6.92 Å². The summed E-state index contributed by atoms with van der Waals surface area (Å²) >= 11 is 0. The Hall–Kier alpha value is -2.99. The van der Waals surface area contributed by atoms with E-state index in [2.05, 4.69) is 20.3 Å². The van der Waals surface area contributed by atoms with Crippen LogP contribution in [0, 0.1) is 0 Å². The number of nitrogen functional groups attached to an aromatic ring is 1. The van der Waals surface area contributed by atoms with Gasteiger partial charge in [0.2, 0.25) is 11.9 Å². The maximum atomic E-state index is 9.94. The second kappa shape index (κ2) is 7.06. The zero-order valence-corrected chi connectivity index (χ0v) is 13.3. The van der Waals surface area contributed by atoms with Crippen LogP contribution in [0.3, 0.4) is 0 Å². The lowest BCUT2D eigenvalue weighted by Gasteiger charge is -2.12. The topological polar surface area (TPSA) is 97.0 Å². The van der Waals surface area contributed by atoms with Crippen molar-refractivity contribution < 1.29 is 5.11 Å². The number of rotatable bonds is 5. The third-order valence-corrected chi connectivity index (χ3v) is 3.60. The van der Waals surface area contributed by atoms with Crippen LogP contribution < -0.4 is 11.1 Å². The first kappa shape index (κ1) is 15.9. The molecule has 1 aromatic heterocycles. The lowest BCUT2D eigenvalue weighted by molar-refractivity contribution is 0.200. The number of nitrogens with two attached hydrogens (primary N) is 1. The summed E-state index contributed by atoms with van der Waals surface area (Å²) in [6.07, 6.45) is -0.625. The highest BCUT2D eigenvalue weighted by Gasteiger charge is 2.13. The Balaban J connectivity index is 1.89. The van der Waals surface area contributed by atoms with Gasteiger partial charge in [-0.25, -0.2) is 0 Å². The van der Waals surface area contributed by atoms with Crippen molar-refractivity contribution >= 4 is 11.9 Å². The molecule has 0 saturated heterocycles. The van der Waals surface area contributed by atoms with Crippen LogP contribution in [0.25, 0.3) is 11.4 Å². The summed E-state index contributed by atoms with van der Waals surface area (Å²) in [6, 6.07) is 17.4. The van der Waals surface area contributed by atoms with Gasteiger partial charge in [0.15, 0.2) is 5.82 Å². The SMILES string of the molecule is CC(O)c1ccccc1-c1nc(N)nc(NCc2ccccc2)n1. The van der Waals surface area contributed by atoms with Gasteiger partial charge in [0.05, 0.1) is 6.10 Å². The molecular formula is C18H19N5O. The van der Waals surface area contributed by atoms with Crippen LogP contribution in [0.2, 0.25) is 0 Å². The molecule has 0 saturated carbocycles. The summed E-state index contributed by atoms with van der Waals surface area (Å²) in [7, 11) is 0. The van der Waals surface area contributed by atoms with E-state index in [0.29, 0.717) is 18.3 Å². The molecule has 1 heterocycles. The van der Waals surface area contributed by atoms with Gasteiger partial charge in [-0.15, -0.1) is 0 Å². The average molecular weight is 321 g/mol. The molecule has 0 bridgehead atoms. The second-order valence-corrected chi connectivity index (χ2v) is 5.44. The summed E-state index contributed by atoms with van der Waals surface area (Å²) < 4.78 is 0. The van der Waals surface area contributed by atoms with Gasteiger partial charge in [0.25, 0.3) is 0 Å². The molecule has 0 aliphatic carbocycles. The van der Waals surface area contributed by atoms with Crippen LogP contribution >= 0.6 is 0 Å². The molecule has 3 rings (SSSR count). The Labute approximate surface area is 140 Å². The quantitative estimate of drug-likeness (QED) is 0.668. The van der Waals surface area contributed by atoms with E-state index in [9.17, 15) is 5.11 Å². The fourth-order valence-electron chi connectivity index (χ4n) is 2.43. The fourth-order valence-corrected chi connectivity index (χ4v) is 2.43. The summed E-state index contributed by atoms with van der Waals surface area (Å²) in [5, 5.41) is 13.1. The maximum absolute atomic E-state index is 9.94. The Morgan fingerprint density at radius 2 is 1.71 bits per heavy atom. The summed E-state index contributed by atoms with van der Waals surface area (Å²) in [4.78, 5) is 12.8. The molecule has 6 heteroatoms.